The molecule has 0 spiro atoms. The van der Waals surface area contributed by atoms with Crippen LogP contribution in [0.15, 0.2) is 54.6 Å². The molecular formula is C55H61ClF4N8O7. The number of benzene rings is 4. The first kappa shape index (κ1) is 52.2. The fourth-order valence-electron chi connectivity index (χ4n) is 12.5. The van der Waals surface area contributed by atoms with Crippen molar-refractivity contribution in [2.75, 3.05) is 63.9 Å². The zero-order chi connectivity index (χ0) is 53.1. The van der Waals surface area contributed by atoms with Gasteiger partial charge in [-0.15, -0.1) is 0 Å². The van der Waals surface area contributed by atoms with Gasteiger partial charge in [-0.1, -0.05) is 55.8 Å². The number of nitrogens with two attached hydrogens (primary N) is 1. The van der Waals surface area contributed by atoms with Gasteiger partial charge in [-0.2, -0.15) is 5.10 Å². The van der Waals surface area contributed by atoms with Crippen LogP contribution < -0.4 is 30.7 Å². The Balaban J connectivity index is 0.767. The van der Waals surface area contributed by atoms with E-state index in [1.165, 1.54) is 33.8 Å². The number of aromatic nitrogens is 2. The Kier molecular flexibility index (Phi) is 14.4. The molecule has 15 nitrogen and oxygen atoms in total. The lowest BCUT2D eigenvalue weighted by Crippen LogP contribution is -2.49. The maximum atomic E-state index is 16.5. The van der Waals surface area contributed by atoms with Crippen LogP contribution in [0.3, 0.4) is 0 Å². The maximum absolute atomic E-state index is 16.5. The molecule has 398 valence electrons. The summed E-state index contributed by atoms with van der Waals surface area (Å²) in [5, 5.41) is 19.4. The Morgan fingerprint density at radius 1 is 0.947 bits per heavy atom. The summed E-state index contributed by atoms with van der Waals surface area (Å²) >= 11 is 6.72. The van der Waals surface area contributed by atoms with Crippen LogP contribution in [0.5, 0.6) is 11.5 Å². The van der Waals surface area contributed by atoms with E-state index in [0.717, 1.165) is 31.4 Å². The number of piperidine rings is 1. The maximum Gasteiger partial charge on any atom is 0.329 e. The number of halogens is 5. The van der Waals surface area contributed by atoms with Gasteiger partial charge in [0.25, 0.3) is 0 Å². The molecule has 75 heavy (non-hydrogen) atoms. The minimum atomic E-state index is -1.14. The van der Waals surface area contributed by atoms with Gasteiger partial charge in [-0.05, 0) is 93.1 Å². The highest BCUT2D eigenvalue weighted by molar-refractivity contribution is 6.34. The first-order valence-corrected chi connectivity index (χ1v) is 26.1. The fourth-order valence-corrected chi connectivity index (χ4v) is 12.8. The number of anilines is 1. The van der Waals surface area contributed by atoms with E-state index in [0.29, 0.717) is 57.4 Å². The van der Waals surface area contributed by atoms with Crippen molar-refractivity contribution in [1.82, 2.24) is 30.2 Å². The average Bonchev–Trinajstić information content (AvgIpc) is 4.04. The Bertz CT molecular complexity index is 3070. The summed E-state index contributed by atoms with van der Waals surface area (Å²) in [7, 11) is 1.55. The van der Waals surface area contributed by atoms with Crippen LogP contribution in [0.25, 0.3) is 22.0 Å². The summed E-state index contributed by atoms with van der Waals surface area (Å²) in [6.07, 6.45) is 4.76. The summed E-state index contributed by atoms with van der Waals surface area (Å²) in [4.78, 5) is 56.8. The van der Waals surface area contributed by atoms with Gasteiger partial charge in [-0.3, -0.25) is 29.3 Å². The number of carbonyl (C=O) groups is 4. The highest BCUT2D eigenvalue weighted by Crippen LogP contribution is 2.57. The fraction of sp³-hybridized carbons (Fsp3) is 0.473. The molecule has 20 heteroatoms. The molecular weight excluding hydrogens is 996 g/mol. The van der Waals surface area contributed by atoms with Crippen LogP contribution in [-0.2, 0) is 22.2 Å². The van der Waals surface area contributed by atoms with Gasteiger partial charge in [0, 0.05) is 92.4 Å². The number of amides is 5. The van der Waals surface area contributed by atoms with Crippen molar-refractivity contribution in [1.29, 1.82) is 0 Å². The second kappa shape index (κ2) is 20.7. The lowest BCUT2D eigenvalue weighted by atomic mass is 9.77. The lowest BCUT2D eigenvalue weighted by Gasteiger charge is -2.38. The molecule has 3 atom stereocenters. The van der Waals surface area contributed by atoms with Gasteiger partial charge in [0.2, 0.25) is 17.7 Å². The minimum Gasteiger partial charge on any atom is -0.488 e. The Morgan fingerprint density at radius 2 is 1.68 bits per heavy atom. The van der Waals surface area contributed by atoms with E-state index in [1.54, 1.807) is 7.05 Å². The van der Waals surface area contributed by atoms with Crippen LogP contribution in [0.4, 0.5) is 28.2 Å². The van der Waals surface area contributed by atoms with E-state index >= 15 is 17.6 Å². The second-order valence-electron chi connectivity index (χ2n) is 21.3. The van der Waals surface area contributed by atoms with Crippen LogP contribution in [0.1, 0.15) is 104 Å². The van der Waals surface area contributed by atoms with Crippen molar-refractivity contribution in [3.05, 3.63) is 105 Å². The van der Waals surface area contributed by atoms with E-state index < -0.39 is 64.3 Å². The number of ether oxygens (including phenoxy) is 2. The van der Waals surface area contributed by atoms with E-state index in [1.807, 2.05) is 42.2 Å². The summed E-state index contributed by atoms with van der Waals surface area (Å²) in [6.45, 7) is 7.06. The van der Waals surface area contributed by atoms with Crippen molar-refractivity contribution in [2.24, 2.45) is 24.1 Å². The smallest absolute Gasteiger partial charge is 0.329 e. The third-order valence-electron chi connectivity index (χ3n) is 16.4. The van der Waals surface area contributed by atoms with Crippen LogP contribution in [-0.4, -0.2) is 114 Å². The first-order valence-electron chi connectivity index (χ1n) is 25.7. The summed E-state index contributed by atoms with van der Waals surface area (Å²) < 4.78 is 78.2. The van der Waals surface area contributed by atoms with Gasteiger partial charge in [0.05, 0.1) is 22.6 Å². The van der Waals surface area contributed by atoms with Gasteiger partial charge in [0.15, 0.2) is 28.8 Å². The molecule has 0 radical (unpaired) electrons. The van der Waals surface area contributed by atoms with Crippen molar-refractivity contribution in [2.45, 2.75) is 88.7 Å². The van der Waals surface area contributed by atoms with Crippen LogP contribution in [0.2, 0.25) is 5.02 Å². The molecule has 4 aromatic carbocycles. The number of hydrogen-bond donors (Lipinski definition) is 4. The molecule has 0 bridgehead atoms. The quantitative estimate of drug-likeness (QED) is 0.0795. The molecule has 3 saturated heterocycles. The Labute approximate surface area is 436 Å². The van der Waals surface area contributed by atoms with Crippen molar-refractivity contribution in [3.8, 4) is 22.6 Å². The monoisotopic (exact) mass is 1060 g/mol. The summed E-state index contributed by atoms with van der Waals surface area (Å²) in [5.41, 5.74) is 5.10. The molecule has 5 aliphatic rings. The zero-order valence-electron chi connectivity index (χ0n) is 42.1. The van der Waals surface area contributed by atoms with Gasteiger partial charge < -0.3 is 35.4 Å². The number of nitrogens with one attached hydrogen (secondary N) is 2. The third kappa shape index (κ3) is 9.58. The standard InChI is InChI=1S/C55H61ClF4N8O7/c1-30-42-40(26-38(58)46(56)45(42)44-35(50(61)71)13-14-39(47(44)59)74-24-23-69)75-55(30,33-7-5-4-6-8-33)27-62-34-11-9-32(10-12-34)52(72)67-22-18-54(2,29-67)28-66-19-15-31(16-20-66)43-37(57)25-36-49(48(43)60)65(3)64-51(36)68-21-17-41(70)63-53(68)73/h4-8,13-14,25-26,30-32,34,62,69H,9-12,15-24,27-29H2,1-3H3,(H2,61,71)(H,63,70,73)/t30-,32?,34?,54-,55-/m0/s1. The third-order valence-corrected chi connectivity index (χ3v) is 16.8. The highest BCUT2D eigenvalue weighted by atomic mass is 35.5. The Hall–Kier alpha value is -6.28. The number of rotatable bonds is 14. The number of nitrogens with zero attached hydrogens (tertiary/aromatic N) is 5. The molecule has 1 aromatic heterocycles. The second-order valence-corrected chi connectivity index (χ2v) is 21.6. The molecule has 0 unspecified atom stereocenters. The normalized spacial score (nSPS) is 24.4. The van der Waals surface area contributed by atoms with Gasteiger partial charge in [0.1, 0.15) is 29.5 Å². The molecule has 5 N–H and O–H groups in total. The number of likely N-dealkylation sites (tertiary alicyclic amines) is 2. The molecule has 4 fully saturated rings. The number of aliphatic hydroxyl groups is 1. The predicted octanol–water partition coefficient (Wildman–Crippen LogP) is 8.02. The SMILES string of the molecule is C[C@H]1c2c(cc(F)c(Cl)c2-c2c(C(N)=O)ccc(OCCO)c2F)O[C@]1(CNC1CCC(C(=O)N2CC[C@@](C)(CN3CCC(c4c(F)cc5c(N6CCC(=O)NC6=O)nn(C)c5c4F)CC3)C2)CC1)c1ccccc1. The number of urea groups is 1. The van der Waals surface area contributed by atoms with E-state index in [4.69, 9.17) is 26.8 Å². The van der Waals surface area contributed by atoms with Crippen LogP contribution >= 0.6 is 11.6 Å². The number of primary amides is 1. The lowest BCUT2D eigenvalue weighted by molar-refractivity contribution is -0.136. The number of carbonyl (C=O) groups excluding carboxylic acids is 4. The Morgan fingerprint density at radius 3 is 2.37 bits per heavy atom. The zero-order valence-corrected chi connectivity index (χ0v) is 42.9. The van der Waals surface area contributed by atoms with E-state index in [-0.39, 0.29) is 106 Å². The number of aliphatic hydroxyl groups excluding tert-OH is 1. The largest absolute Gasteiger partial charge is 0.488 e. The highest BCUT2D eigenvalue weighted by Gasteiger charge is 2.51. The average molecular weight is 1060 g/mol. The van der Waals surface area contributed by atoms with Crippen molar-refractivity contribution >= 4 is 52.1 Å². The molecule has 5 aromatic rings. The molecule has 1 aliphatic carbocycles. The van der Waals surface area contributed by atoms with Crippen molar-refractivity contribution < 1.29 is 51.3 Å². The topological polar surface area (TPSA) is 185 Å². The number of aryl methyl sites for hydroxylation is 1. The summed E-state index contributed by atoms with van der Waals surface area (Å²) in [5.74, 6) is -5.62. The number of imide groups is 1. The predicted molar refractivity (Wildman–Crippen MR) is 273 cm³/mol. The molecule has 1 saturated carbocycles. The van der Waals surface area contributed by atoms with Gasteiger partial charge in [-0.25, -0.2) is 22.4 Å². The van der Waals surface area contributed by atoms with E-state index in [2.05, 4.69) is 27.6 Å². The molecule has 5 heterocycles. The minimum absolute atomic E-state index is 0.0151. The first-order chi connectivity index (χ1) is 35.9. The molecule has 5 amide bonds. The summed E-state index contributed by atoms with van der Waals surface area (Å²) in [6, 6.07) is 13.7. The molecule has 10 rings (SSSR count). The van der Waals surface area contributed by atoms with Crippen LogP contribution in [0, 0.1) is 34.6 Å². The van der Waals surface area contributed by atoms with Crippen molar-refractivity contribution in [3.63, 3.8) is 0 Å². The van der Waals surface area contributed by atoms with Gasteiger partial charge >= 0.3 is 6.03 Å². The number of fused-ring (bicyclic) bond motifs is 2. The number of hydrogen-bond acceptors (Lipinski definition) is 10. The molecule has 4 aliphatic heterocycles. The van der Waals surface area contributed by atoms with E-state index in [9.17, 15) is 24.3 Å².